The third kappa shape index (κ3) is 29.4. The zero-order valence-electron chi connectivity index (χ0n) is 45.4. The summed E-state index contributed by atoms with van der Waals surface area (Å²) < 4.78 is 62.1. The number of hydrogen-bond acceptors (Lipinski definition) is 8. The van der Waals surface area contributed by atoms with Crippen LogP contribution in [0.2, 0.25) is 0 Å². The molecule has 406 valence electrons. The fraction of sp³-hybridized carbons (Fsp3) is 0.587. The first-order valence-corrected chi connectivity index (χ1v) is 28.5. The molecule has 0 unspecified atom stereocenters. The summed E-state index contributed by atoms with van der Waals surface area (Å²) in [4.78, 5) is 24.9. The van der Waals surface area contributed by atoms with Crippen LogP contribution in [0.1, 0.15) is 235 Å². The molecule has 0 aliphatic rings. The van der Waals surface area contributed by atoms with Crippen LogP contribution in [-0.4, -0.2) is 38.4 Å². The maximum atomic E-state index is 14.4. The molecule has 0 N–H and O–H groups in total. The van der Waals surface area contributed by atoms with Gasteiger partial charge in [0, 0.05) is 12.1 Å². The predicted molar refractivity (Wildman–Crippen MR) is 294 cm³/mol. The van der Waals surface area contributed by atoms with Gasteiger partial charge in [0.15, 0.2) is 23.1 Å². The average Bonchev–Trinajstić information content (AvgIpc) is 3.39. The summed E-state index contributed by atoms with van der Waals surface area (Å²) in [6, 6.07) is 22.3. The first-order valence-electron chi connectivity index (χ1n) is 28.5. The maximum Gasteiger partial charge on any atom is 0.343 e. The van der Waals surface area contributed by atoms with E-state index in [0.29, 0.717) is 37.6 Å². The van der Waals surface area contributed by atoms with Gasteiger partial charge in [-0.3, -0.25) is 0 Å². The highest BCUT2D eigenvalue weighted by atomic mass is 19.1. The lowest BCUT2D eigenvalue weighted by atomic mass is 10.1. The third-order valence-corrected chi connectivity index (χ3v) is 12.7. The molecule has 0 fully saturated rings. The summed E-state index contributed by atoms with van der Waals surface area (Å²) in [5.74, 6) is -0.00734. The number of unbranched alkanes of at least 4 members (excludes halogenated alkanes) is 25. The van der Waals surface area contributed by atoms with Crippen molar-refractivity contribution in [1.29, 1.82) is 0 Å². The van der Waals surface area contributed by atoms with E-state index in [0.717, 1.165) is 50.0 Å². The van der Waals surface area contributed by atoms with Gasteiger partial charge in [0.05, 0.1) is 37.6 Å². The SMILES string of the molecule is CCCCCCCCCCCOc1ccc(C(=O)Oc2ccc(OCCCCCCCC)c(F)c2)cc1.CCCCCCCCCCOc1ccc(C(=O)Oc2ccc(OCCCCCCCC)c(F)c2)cc1. The van der Waals surface area contributed by atoms with Crippen molar-refractivity contribution in [2.45, 2.75) is 214 Å². The van der Waals surface area contributed by atoms with Gasteiger partial charge in [-0.2, -0.15) is 0 Å². The highest BCUT2D eigenvalue weighted by molar-refractivity contribution is 5.91. The maximum absolute atomic E-state index is 14.4. The van der Waals surface area contributed by atoms with E-state index in [4.69, 9.17) is 28.4 Å². The molecule has 73 heavy (non-hydrogen) atoms. The number of hydrogen-bond donors (Lipinski definition) is 0. The van der Waals surface area contributed by atoms with Crippen LogP contribution >= 0.6 is 0 Å². The molecule has 0 aliphatic carbocycles. The van der Waals surface area contributed by atoms with Gasteiger partial charge in [0.2, 0.25) is 0 Å². The summed E-state index contributed by atoms with van der Waals surface area (Å²) in [7, 11) is 0. The van der Waals surface area contributed by atoms with Crippen LogP contribution in [0.5, 0.6) is 34.5 Å². The quantitative estimate of drug-likeness (QED) is 0.0247. The number of halogens is 2. The summed E-state index contributed by atoms with van der Waals surface area (Å²) in [6.07, 6.45) is 35.3. The van der Waals surface area contributed by atoms with Crippen LogP contribution in [-0.2, 0) is 0 Å². The number of rotatable bonds is 41. The van der Waals surface area contributed by atoms with Crippen molar-refractivity contribution < 1.29 is 46.8 Å². The van der Waals surface area contributed by atoms with Gasteiger partial charge in [-0.25, -0.2) is 18.4 Å². The van der Waals surface area contributed by atoms with E-state index in [-0.39, 0.29) is 23.0 Å². The minimum absolute atomic E-state index is 0.152. The van der Waals surface area contributed by atoms with Crippen molar-refractivity contribution in [1.82, 2.24) is 0 Å². The second-order valence-electron chi connectivity index (χ2n) is 19.2. The van der Waals surface area contributed by atoms with E-state index < -0.39 is 23.6 Å². The van der Waals surface area contributed by atoms with Gasteiger partial charge in [-0.1, -0.05) is 188 Å². The van der Waals surface area contributed by atoms with E-state index in [2.05, 4.69) is 27.7 Å². The normalized spacial score (nSPS) is 10.9. The Morgan fingerprint density at radius 1 is 0.315 bits per heavy atom. The third-order valence-electron chi connectivity index (χ3n) is 12.7. The summed E-state index contributed by atoms with van der Waals surface area (Å²) in [5.41, 5.74) is 0.775. The Balaban J connectivity index is 0.000000385. The standard InChI is InChI=1S/C32H47FO4.C31H45FO4/c1-3-5-7-9-11-12-13-15-16-24-35-28-20-18-27(19-21-28)32(34)37-29-22-23-31(30(33)26-29)36-25-17-14-10-8-6-4-2;1-3-5-7-9-11-12-14-15-23-34-27-19-17-26(18-20-27)31(33)36-28-21-22-30(29(32)25-28)35-24-16-13-10-8-6-4-2/h18-23,26H,3-17,24-25H2,1-2H3;17-22,25H,3-16,23-24H2,1-2H3. The molecule has 4 aromatic carbocycles. The van der Waals surface area contributed by atoms with Crippen LogP contribution in [0, 0.1) is 11.6 Å². The van der Waals surface area contributed by atoms with Gasteiger partial charge in [0.25, 0.3) is 0 Å². The zero-order valence-corrected chi connectivity index (χ0v) is 45.4. The lowest BCUT2D eigenvalue weighted by molar-refractivity contribution is 0.0724. The second-order valence-corrected chi connectivity index (χ2v) is 19.2. The molecule has 0 saturated carbocycles. The van der Waals surface area contributed by atoms with Crippen molar-refractivity contribution in [3.8, 4) is 34.5 Å². The Kier molecular flexibility index (Phi) is 35.1. The Hall–Kier alpha value is -5.12. The molecule has 0 amide bonds. The number of carbonyl (C=O) groups excluding carboxylic acids is 2. The van der Waals surface area contributed by atoms with Crippen molar-refractivity contribution in [2.24, 2.45) is 0 Å². The van der Waals surface area contributed by atoms with E-state index in [1.807, 2.05) is 0 Å². The number of esters is 2. The van der Waals surface area contributed by atoms with E-state index in [9.17, 15) is 18.4 Å². The van der Waals surface area contributed by atoms with Crippen molar-refractivity contribution in [2.75, 3.05) is 26.4 Å². The van der Waals surface area contributed by atoms with Crippen LogP contribution in [0.25, 0.3) is 0 Å². The minimum Gasteiger partial charge on any atom is -0.494 e. The molecule has 10 heteroatoms. The molecule has 8 nitrogen and oxygen atoms in total. The Morgan fingerprint density at radius 3 is 0.836 bits per heavy atom. The van der Waals surface area contributed by atoms with Gasteiger partial charge >= 0.3 is 11.9 Å². The first-order chi connectivity index (χ1) is 35.8. The van der Waals surface area contributed by atoms with E-state index >= 15 is 0 Å². The molecule has 0 atom stereocenters. The molecule has 0 aliphatic heterocycles. The van der Waals surface area contributed by atoms with Crippen LogP contribution in [0.3, 0.4) is 0 Å². The van der Waals surface area contributed by atoms with Gasteiger partial charge < -0.3 is 28.4 Å². The summed E-state index contributed by atoms with van der Waals surface area (Å²) >= 11 is 0. The fourth-order valence-electron chi connectivity index (χ4n) is 8.19. The highest BCUT2D eigenvalue weighted by Gasteiger charge is 2.14. The number of carbonyl (C=O) groups is 2. The predicted octanol–water partition coefficient (Wildman–Crippen LogP) is 19.0. The number of benzene rings is 4. The minimum atomic E-state index is -0.537. The molecule has 0 spiro atoms. The van der Waals surface area contributed by atoms with Crippen molar-refractivity contribution in [3.63, 3.8) is 0 Å². The topological polar surface area (TPSA) is 89.5 Å². The fourth-order valence-corrected chi connectivity index (χ4v) is 8.19. The van der Waals surface area contributed by atoms with Gasteiger partial charge in [-0.15, -0.1) is 0 Å². The number of ether oxygens (including phenoxy) is 6. The Morgan fingerprint density at radius 2 is 0.562 bits per heavy atom. The lowest BCUT2D eigenvalue weighted by Gasteiger charge is -2.10. The van der Waals surface area contributed by atoms with Gasteiger partial charge in [-0.05, 0) is 98.5 Å². The lowest BCUT2D eigenvalue weighted by Crippen LogP contribution is -2.09. The van der Waals surface area contributed by atoms with Crippen LogP contribution in [0.15, 0.2) is 84.9 Å². The monoisotopic (exact) mass is 1010 g/mol. The van der Waals surface area contributed by atoms with Crippen LogP contribution < -0.4 is 28.4 Å². The van der Waals surface area contributed by atoms with E-state index in [1.54, 1.807) is 60.7 Å². The molecule has 0 heterocycles. The van der Waals surface area contributed by atoms with Crippen molar-refractivity contribution in [3.05, 3.63) is 108 Å². The molecular formula is C63H92F2O8. The molecule has 4 aromatic rings. The average molecular weight is 1020 g/mol. The first kappa shape index (κ1) is 62.2. The molecule has 0 radical (unpaired) electrons. The second kappa shape index (κ2) is 41.3. The van der Waals surface area contributed by atoms with Crippen molar-refractivity contribution >= 4 is 11.9 Å². The van der Waals surface area contributed by atoms with E-state index in [1.165, 1.54) is 172 Å². The molecule has 0 bridgehead atoms. The van der Waals surface area contributed by atoms with Gasteiger partial charge in [0.1, 0.15) is 23.0 Å². The molecular weight excluding hydrogens is 923 g/mol. The highest BCUT2D eigenvalue weighted by Crippen LogP contribution is 2.26. The smallest absolute Gasteiger partial charge is 0.343 e. The largest absolute Gasteiger partial charge is 0.494 e. The van der Waals surface area contributed by atoms with Crippen LogP contribution in [0.4, 0.5) is 8.78 Å². The zero-order chi connectivity index (χ0) is 52.4. The molecule has 4 rings (SSSR count). The summed E-state index contributed by atoms with van der Waals surface area (Å²) in [6.45, 7) is 11.2. The molecule has 0 aromatic heterocycles. The molecule has 0 saturated heterocycles. The summed E-state index contributed by atoms with van der Waals surface area (Å²) in [5, 5.41) is 0. The Labute approximate surface area is 439 Å². The Bertz CT molecular complexity index is 2000.